The Morgan fingerprint density at radius 2 is 0.720 bits per heavy atom. The van der Waals surface area contributed by atoms with Gasteiger partial charge in [0, 0.05) is 63.5 Å². The zero-order valence-corrected chi connectivity index (χ0v) is 64.5. The number of amides is 6. The predicted molar refractivity (Wildman–Crippen MR) is 410 cm³/mol. The molecule has 125 heavy (non-hydrogen) atoms. The number of aliphatic imine (C=N–C) groups is 1. The molecule has 9 aromatic rings. The van der Waals surface area contributed by atoms with E-state index in [4.69, 9.17) is 5.11 Å². The number of carbonyl (C=O) groups is 6. The van der Waals surface area contributed by atoms with Gasteiger partial charge in [-0.25, -0.2) is 24.0 Å². The fraction of sp³-hybridized carbons (Fsp3) is 0.259. The highest BCUT2D eigenvalue weighted by Crippen LogP contribution is 2.44. The number of ether oxygens (including phenoxy) is 6. The summed E-state index contributed by atoms with van der Waals surface area (Å²) in [5.74, 6) is -7.53. The van der Waals surface area contributed by atoms with Gasteiger partial charge in [0.05, 0.1) is 16.6 Å². The number of halogens is 18. The Labute approximate surface area is 698 Å². The van der Waals surface area contributed by atoms with Gasteiger partial charge in [-0.05, 0) is 142 Å². The van der Waals surface area contributed by atoms with Gasteiger partial charge >= 0.3 is 74.2 Å². The largest absolute Gasteiger partial charge is 0.573 e. The summed E-state index contributed by atoms with van der Waals surface area (Å²) in [6, 6.07) is 47.7. The lowest BCUT2D eigenvalue weighted by atomic mass is 9.77. The van der Waals surface area contributed by atoms with Crippen molar-refractivity contribution in [3.63, 3.8) is 0 Å². The van der Waals surface area contributed by atoms with E-state index < -0.39 is 137 Å². The number of alkyl halides is 18. The molecule has 0 aromatic heterocycles. The van der Waals surface area contributed by atoms with E-state index in [0.717, 1.165) is 77.7 Å². The van der Waals surface area contributed by atoms with Crippen LogP contribution in [0.1, 0.15) is 88.6 Å². The Morgan fingerprint density at radius 1 is 0.408 bits per heavy atom. The number of aliphatic carboxylic acids is 3. The first kappa shape index (κ1) is 95.0. The number of allylic oxidation sites excluding steroid dienone is 1. The van der Waals surface area contributed by atoms with Crippen molar-refractivity contribution in [1.82, 2.24) is 31.5 Å². The Bertz CT molecular complexity index is 5060. The summed E-state index contributed by atoms with van der Waals surface area (Å²) in [5.41, 5.74) is -3.19. The number of carboxylic acids is 3. The van der Waals surface area contributed by atoms with Crippen LogP contribution in [0.4, 0.5) is 93.4 Å². The molecule has 2 aliphatic rings. The molecule has 2 heterocycles. The Balaban J connectivity index is 0.000000213. The van der Waals surface area contributed by atoms with E-state index in [0.29, 0.717) is 35.2 Å². The van der Waals surface area contributed by atoms with Crippen LogP contribution in [0.5, 0.6) is 34.5 Å². The van der Waals surface area contributed by atoms with E-state index >= 15 is 0 Å². The first-order valence-electron chi connectivity index (χ1n) is 37.2. The molecule has 40 heteroatoms. The van der Waals surface area contributed by atoms with E-state index in [2.05, 4.69) is 60.0 Å². The minimum absolute atomic E-state index is 0.0163. The number of hydrogen-bond acceptors (Lipinski definition) is 13. The van der Waals surface area contributed by atoms with Crippen molar-refractivity contribution in [1.29, 1.82) is 0 Å². The van der Waals surface area contributed by atoms with Crippen molar-refractivity contribution in [2.75, 3.05) is 13.1 Å². The van der Waals surface area contributed by atoms with Gasteiger partial charge < -0.3 is 75.2 Å². The van der Waals surface area contributed by atoms with Gasteiger partial charge in [-0.3, -0.25) is 9.79 Å². The maximum atomic E-state index is 13.7. The first-order chi connectivity index (χ1) is 58.7. The minimum atomic E-state index is -5.07. The lowest BCUT2D eigenvalue weighted by Gasteiger charge is -2.38. The molecule has 664 valence electrons. The van der Waals surface area contributed by atoms with E-state index in [-0.39, 0.29) is 91.4 Å². The van der Waals surface area contributed by atoms with Crippen molar-refractivity contribution in [3.8, 4) is 34.5 Å². The molecule has 0 radical (unpaired) electrons. The highest BCUT2D eigenvalue weighted by molar-refractivity contribution is 5.85. The van der Waals surface area contributed by atoms with Crippen LogP contribution in [-0.2, 0) is 50.3 Å². The van der Waals surface area contributed by atoms with Crippen molar-refractivity contribution < 1.29 is 152 Å². The fourth-order valence-electron chi connectivity index (χ4n) is 13.7. The Morgan fingerprint density at radius 3 is 1.00 bits per heavy atom. The summed E-state index contributed by atoms with van der Waals surface area (Å²) in [4.78, 5) is 80.0. The summed E-state index contributed by atoms with van der Waals surface area (Å²) >= 11 is 0. The summed E-state index contributed by atoms with van der Waals surface area (Å²) in [5, 5.41) is 41.2. The van der Waals surface area contributed by atoms with Crippen LogP contribution < -0.4 is 55.0 Å². The van der Waals surface area contributed by atoms with Crippen LogP contribution in [0.15, 0.2) is 253 Å². The van der Waals surface area contributed by atoms with E-state index in [9.17, 15) is 118 Å². The van der Waals surface area contributed by atoms with Gasteiger partial charge in [-0.15, -0.1) is 79.0 Å². The highest BCUT2D eigenvalue weighted by Gasteiger charge is 2.46. The van der Waals surface area contributed by atoms with Gasteiger partial charge in [0.15, 0.2) is 0 Å². The monoisotopic (exact) mass is 1770 g/mol. The molecule has 2 atom stereocenters. The summed E-state index contributed by atoms with van der Waals surface area (Å²) in [7, 11) is 0. The second-order valence-electron chi connectivity index (χ2n) is 27.6. The fourth-order valence-corrected chi connectivity index (χ4v) is 13.7. The standard InChI is InChI=1S/C30H25F6N3O5.C28H24F6N2O5.C27H24F6N2O5/c31-29(32,33)43-23-12-4-9-20(15-23)28(18-19-7-2-1-3-8-19,21-10-5-13-24(16-21)44-30(34,35)36)39-27(42)38-25(26(40)41)17-22-11-6-14-37-22;29-27(30,31)40-21-11-4-9-19(15-21)26(17-18-7-2-1-3-8-18,20-10-5-12-22(16-20)41-28(32,33)34)35-25(39)36-14-6-13-23(36)24(37)38;28-26(29,30)39-21-11-4-9-19(15-21)25(17-18-7-2-1-3-8-18,35-24(38)34-14-6-13-23(36)37)20-10-5-12-22(16-20)40-27(31,32)33/h1-5,7-16,25H,6,17-18H2,(H,40,41)(H2,38,39,42);1-5,7-12,15-16,23H,6,13-14,17H2,(H,35,39)(H,37,38);1-5,7-12,15-16H,6,13-14,17H2,(H,36,37)(H2,34,35,38)/t25-;23-;/m00./s1. The SMILES string of the molecule is O=C(N[C@@H](CC1=CCC=N1)C(=O)O)NC(Cc1ccccc1)(c1cccc(OC(F)(F)F)c1)c1cccc(OC(F)(F)F)c1.O=C(O)CCCNC(=O)NC(Cc1ccccc1)(c1cccc(OC(F)(F)F)c1)c1cccc(OC(F)(F)F)c1.O=C(O)[C@@H]1CCCN1C(=O)NC(Cc1ccccc1)(c1cccc(OC(F)(F)F)c1)c1cccc(OC(F)(F)F)c1. The van der Waals surface area contributed by atoms with Crippen molar-refractivity contribution in [3.05, 3.63) is 298 Å². The smallest absolute Gasteiger partial charge is 0.481 e. The number of nitrogens with zero attached hydrogens (tertiary/aromatic N) is 2. The van der Waals surface area contributed by atoms with Gasteiger partial charge in [-0.2, -0.15) is 0 Å². The molecule has 1 fully saturated rings. The van der Waals surface area contributed by atoms with Gasteiger partial charge in [-0.1, -0.05) is 170 Å². The van der Waals surface area contributed by atoms with Crippen LogP contribution in [-0.4, -0.2) is 126 Å². The highest BCUT2D eigenvalue weighted by atomic mass is 19.4. The normalized spacial score (nSPS) is 14.0. The third-order valence-electron chi connectivity index (χ3n) is 18.7. The second kappa shape index (κ2) is 40.9. The van der Waals surface area contributed by atoms with Crippen LogP contribution in [0.3, 0.4) is 0 Å². The molecule has 8 N–H and O–H groups in total. The average Bonchev–Trinajstić information content (AvgIpc) is 1.39. The Hall–Kier alpha value is -13.9. The third kappa shape index (κ3) is 29.2. The number of carboxylic acid groups (broad SMARTS) is 3. The number of rotatable bonds is 30. The maximum absolute atomic E-state index is 13.7. The summed E-state index contributed by atoms with van der Waals surface area (Å²) < 4.78 is 260. The quantitative estimate of drug-likeness (QED) is 0.0153. The van der Waals surface area contributed by atoms with Crippen LogP contribution >= 0.6 is 0 Å². The molecule has 2 aliphatic heterocycles. The number of hydrogen-bond donors (Lipinski definition) is 8. The average molecular weight is 1770 g/mol. The van der Waals surface area contributed by atoms with Crippen LogP contribution in [0.25, 0.3) is 0 Å². The maximum Gasteiger partial charge on any atom is 0.573 e. The molecule has 22 nitrogen and oxygen atoms in total. The zero-order valence-electron chi connectivity index (χ0n) is 64.5. The molecular weight excluding hydrogens is 1700 g/mol. The molecule has 0 bridgehead atoms. The van der Waals surface area contributed by atoms with Crippen LogP contribution in [0, 0.1) is 0 Å². The molecular formula is C85H73F18N7O15. The number of carbonyl (C=O) groups excluding carboxylic acids is 3. The topological polar surface area (TPSA) is 294 Å². The predicted octanol–water partition coefficient (Wildman–Crippen LogP) is 18.8. The third-order valence-corrected chi connectivity index (χ3v) is 18.7. The number of likely N-dealkylation sites (tertiary alicyclic amines) is 1. The lowest BCUT2D eigenvalue weighted by Crippen LogP contribution is -2.55. The minimum Gasteiger partial charge on any atom is -0.481 e. The molecule has 9 aromatic carbocycles. The molecule has 6 amide bonds. The van der Waals surface area contributed by atoms with Gasteiger partial charge in [0.2, 0.25) is 0 Å². The molecule has 0 unspecified atom stereocenters. The van der Waals surface area contributed by atoms with E-state index in [1.165, 1.54) is 72.8 Å². The van der Waals surface area contributed by atoms with E-state index in [1.54, 1.807) is 103 Å². The second-order valence-corrected chi connectivity index (χ2v) is 27.6. The Kier molecular flexibility index (Phi) is 31.1. The first-order valence-corrected chi connectivity index (χ1v) is 37.2. The van der Waals surface area contributed by atoms with Gasteiger partial charge in [0.1, 0.15) is 46.6 Å². The molecule has 0 saturated carbocycles. The molecule has 11 rings (SSSR count). The van der Waals surface area contributed by atoms with Crippen LogP contribution in [0.2, 0.25) is 0 Å². The summed E-state index contributed by atoms with van der Waals surface area (Å²) in [6.07, 6.45) is -26.8. The summed E-state index contributed by atoms with van der Waals surface area (Å²) in [6.45, 7) is 0.0205. The lowest BCUT2D eigenvalue weighted by molar-refractivity contribution is -0.275. The van der Waals surface area contributed by atoms with Crippen molar-refractivity contribution in [2.45, 2.75) is 125 Å². The zero-order chi connectivity index (χ0) is 91.2. The number of nitrogens with one attached hydrogen (secondary N) is 5. The van der Waals surface area contributed by atoms with Crippen molar-refractivity contribution >= 4 is 42.2 Å². The van der Waals surface area contributed by atoms with Crippen molar-refractivity contribution in [2.24, 2.45) is 4.99 Å². The van der Waals surface area contributed by atoms with Gasteiger partial charge in [0.25, 0.3) is 0 Å². The molecule has 0 spiro atoms. The van der Waals surface area contributed by atoms with E-state index in [1.807, 2.05) is 0 Å². The molecule has 1 saturated heterocycles. The number of urea groups is 3. The number of benzene rings is 9. The molecule has 0 aliphatic carbocycles.